The van der Waals surface area contributed by atoms with Gasteiger partial charge in [0.1, 0.15) is 17.4 Å². The molecule has 4 nitrogen and oxygen atoms in total. The van der Waals surface area contributed by atoms with E-state index in [2.05, 4.69) is 5.32 Å². The van der Waals surface area contributed by atoms with Crippen molar-refractivity contribution >= 4 is 17.5 Å². The average Bonchev–Trinajstić information content (AvgIpc) is 2.45. The Bertz CT molecular complexity index is 588. The van der Waals surface area contributed by atoms with Gasteiger partial charge in [-0.1, -0.05) is 13.8 Å². The highest BCUT2D eigenvalue weighted by Gasteiger charge is 2.46. The van der Waals surface area contributed by atoms with E-state index in [-0.39, 0.29) is 17.6 Å². The number of halogens is 1. The molecule has 0 saturated carbocycles. The Morgan fingerprint density at radius 2 is 2.00 bits per heavy atom. The number of benzene rings is 1. The lowest BCUT2D eigenvalue weighted by atomic mass is 9.90. The lowest BCUT2D eigenvalue weighted by Gasteiger charge is -2.44. The Morgan fingerprint density at radius 3 is 2.52 bits per heavy atom. The van der Waals surface area contributed by atoms with Crippen LogP contribution in [0.15, 0.2) is 18.2 Å². The second kappa shape index (κ2) is 5.47. The molecule has 2 unspecified atom stereocenters. The highest BCUT2D eigenvalue weighted by molar-refractivity contribution is 6.10. The first-order valence-electron chi connectivity index (χ1n) is 7.26. The third-order valence-corrected chi connectivity index (χ3v) is 4.22. The minimum absolute atomic E-state index is 0.151. The normalized spacial score (nSPS) is 26.0. The van der Waals surface area contributed by atoms with E-state index in [1.54, 1.807) is 26.0 Å². The second-order valence-electron chi connectivity index (χ2n) is 5.71. The first kappa shape index (κ1) is 15.5. The van der Waals surface area contributed by atoms with Crippen molar-refractivity contribution in [1.82, 2.24) is 5.32 Å². The van der Waals surface area contributed by atoms with E-state index in [0.717, 1.165) is 0 Å². The van der Waals surface area contributed by atoms with Crippen molar-refractivity contribution in [2.75, 3.05) is 4.90 Å². The zero-order valence-corrected chi connectivity index (χ0v) is 12.9. The lowest BCUT2D eigenvalue weighted by molar-refractivity contribution is -0.138. The Morgan fingerprint density at radius 1 is 1.33 bits per heavy atom. The second-order valence-corrected chi connectivity index (χ2v) is 5.71. The van der Waals surface area contributed by atoms with E-state index in [4.69, 9.17) is 0 Å². The van der Waals surface area contributed by atoms with Crippen molar-refractivity contribution in [1.29, 1.82) is 0 Å². The number of carbonyl (C=O) groups is 2. The van der Waals surface area contributed by atoms with Crippen molar-refractivity contribution < 1.29 is 14.0 Å². The molecule has 0 aliphatic carbocycles. The number of piperazine rings is 1. The van der Waals surface area contributed by atoms with E-state index in [9.17, 15) is 14.0 Å². The maximum Gasteiger partial charge on any atom is 0.253 e. The molecule has 1 fully saturated rings. The fraction of sp³-hybridized carbons (Fsp3) is 0.500. The molecule has 1 heterocycles. The first-order chi connectivity index (χ1) is 9.84. The summed E-state index contributed by atoms with van der Waals surface area (Å²) in [6.45, 7) is 7.09. The summed E-state index contributed by atoms with van der Waals surface area (Å²) < 4.78 is 13.5. The summed E-state index contributed by atoms with van der Waals surface area (Å²) in [4.78, 5) is 26.6. The molecule has 2 atom stereocenters. The molecule has 2 rings (SSSR count). The summed E-state index contributed by atoms with van der Waals surface area (Å²) in [5.74, 6) is -0.634. The van der Waals surface area contributed by atoms with Gasteiger partial charge in [-0.15, -0.1) is 0 Å². The van der Waals surface area contributed by atoms with Crippen LogP contribution in [0, 0.1) is 12.7 Å². The van der Waals surface area contributed by atoms with Crippen LogP contribution in [-0.2, 0) is 9.59 Å². The Kier molecular flexibility index (Phi) is 4.03. The maximum absolute atomic E-state index is 13.5. The molecule has 1 saturated heterocycles. The molecule has 1 aromatic rings. The van der Waals surface area contributed by atoms with Gasteiger partial charge in [0.2, 0.25) is 5.91 Å². The molecule has 1 aliphatic heterocycles. The van der Waals surface area contributed by atoms with Gasteiger partial charge < -0.3 is 5.32 Å². The summed E-state index contributed by atoms with van der Waals surface area (Å²) in [5.41, 5.74) is 0.116. The summed E-state index contributed by atoms with van der Waals surface area (Å²) in [6, 6.07) is 3.95. The number of amides is 2. The van der Waals surface area contributed by atoms with Gasteiger partial charge in [0.15, 0.2) is 0 Å². The van der Waals surface area contributed by atoms with Crippen molar-refractivity contribution in [3.8, 4) is 0 Å². The molecule has 0 aromatic heterocycles. The number of nitrogens with zero attached hydrogens (tertiary/aromatic N) is 1. The molecular formula is C16H21FN2O2. The molecule has 114 valence electrons. The van der Waals surface area contributed by atoms with Crippen LogP contribution < -0.4 is 10.2 Å². The lowest BCUT2D eigenvalue weighted by Crippen LogP contribution is -2.69. The molecule has 1 aromatic carbocycles. The monoisotopic (exact) mass is 292 g/mol. The Hall–Kier alpha value is -1.91. The van der Waals surface area contributed by atoms with Gasteiger partial charge in [0, 0.05) is 5.69 Å². The molecule has 21 heavy (non-hydrogen) atoms. The summed E-state index contributed by atoms with van der Waals surface area (Å²) >= 11 is 0. The van der Waals surface area contributed by atoms with Crippen molar-refractivity contribution in [2.45, 2.75) is 52.1 Å². The Balaban J connectivity index is 2.51. The minimum Gasteiger partial charge on any atom is -0.340 e. The molecule has 0 radical (unpaired) electrons. The van der Waals surface area contributed by atoms with E-state index >= 15 is 0 Å². The first-order valence-corrected chi connectivity index (χ1v) is 7.26. The van der Waals surface area contributed by atoms with E-state index in [0.29, 0.717) is 24.1 Å². The zero-order valence-electron chi connectivity index (χ0n) is 12.9. The van der Waals surface area contributed by atoms with Crippen molar-refractivity contribution in [3.05, 3.63) is 29.6 Å². The molecule has 0 spiro atoms. The number of anilines is 1. The fourth-order valence-electron chi connectivity index (χ4n) is 2.62. The van der Waals surface area contributed by atoms with Gasteiger partial charge in [0.25, 0.3) is 5.91 Å². The van der Waals surface area contributed by atoms with Crippen molar-refractivity contribution in [2.24, 2.45) is 0 Å². The SMILES string of the molecule is CCC1C(=O)NC(C)(CC)C(=O)N1c1ccc(F)c(C)c1. The molecule has 2 amide bonds. The van der Waals surface area contributed by atoms with Crippen LogP contribution in [0.2, 0.25) is 0 Å². The van der Waals surface area contributed by atoms with Gasteiger partial charge in [0.05, 0.1) is 0 Å². The summed E-state index contributed by atoms with van der Waals surface area (Å²) in [6.07, 6.45) is 1.01. The van der Waals surface area contributed by atoms with Gasteiger partial charge >= 0.3 is 0 Å². The summed E-state index contributed by atoms with van der Waals surface area (Å²) in [5, 5.41) is 2.81. The van der Waals surface area contributed by atoms with E-state index < -0.39 is 11.6 Å². The fourth-order valence-corrected chi connectivity index (χ4v) is 2.62. The van der Waals surface area contributed by atoms with Crippen molar-refractivity contribution in [3.63, 3.8) is 0 Å². The smallest absolute Gasteiger partial charge is 0.253 e. The molecule has 5 heteroatoms. The topological polar surface area (TPSA) is 49.4 Å². The summed E-state index contributed by atoms with van der Waals surface area (Å²) in [7, 11) is 0. The quantitative estimate of drug-likeness (QED) is 0.930. The van der Waals surface area contributed by atoms with Crippen LogP contribution >= 0.6 is 0 Å². The average molecular weight is 292 g/mol. The standard InChI is InChI=1S/C16H21FN2O2/c1-5-13-14(20)18-16(4,6-2)15(21)19(13)11-7-8-12(17)10(3)9-11/h7-9,13H,5-6H2,1-4H3,(H,18,20). The number of rotatable bonds is 3. The molecule has 1 N–H and O–H groups in total. The largest absolute Gasteiger partial charge is 0.340 e. The third-order valence-electron chi connectivity index (χ3n) is 4.22. The van der Waals surface area contributed by atoms with E-state index in [1.165, 1.54) is 11.0 Å². The van der Waals surface area contributed by atoms with Crippen LogP contribution in [0.4, 0.5) is 10.1 Å². The van der Waals surface area contributed by atoms with Crippen LogP contribution in [0.5, 0.6) is 0 Å². The van der Waals surface area contributed by atoms with Crippen LogP contribution in [0.25, 0.3) is 0 Å². The van der Waals surface area contributed by atoms with Gasteiger partial charge in [-0.05, 0) is 50.5 Å². The van der Waals surface area contributed by atoms with Gasteiger partial charge in [-0.25, -0.2) is 4.39 Å². The van der Waals surface area contributed by atoms with Crippen LogP contribution in [-0.4, -0.2) is 23.4 Å². The number of nitrogens with one attached hydrogen (secondary N) is 1. The number of carbonyl (C=O) groups excluding carboxylic acids is 2. The van der Waals surface area contributed by atoms with E-state index in [1.807, 2.05) is 13.8 Å². The highest BCUT2D eigenvalue weighted by atomic mass is 19.1. The number of hydrogen-bond acceptors (Lipinski definition) is 2. The minimum atomic E-state index is -0.912. The van der Waals surface area contributed by atoms with Crippen LogP contribution in [0.1, 0.15) is 39.2 Å². The number of hydrogen-bond donors (Lipinski definition) is 1. The predicted molar refractivity (Wildman–Crippen MR) is 79.5 cm³/mol. The predicted octanol–water partition coefficient (Wildman–Crippen LogP) is 2.54. The Labute approximate surface area is 124 Å². The maximum atomic E-state index is 13.5. The number of aryl methyl sites for hydroxylation is 1. The van der Waals surface area contributed by atoms with Gasteiger partial charge in [-0.2, -0.15) is 0 Å². The molecular weight excluding hydrogens is 271 g/mol. The molecule has 1 aliphatic rings. The molecule has 0 bridgehead atoms. The third kappa shape index (κ3) is 2.52. The highest BCUT2D eigenvalue weighted by Crippen LogP contribution is 2.29. The van der Waals surface area contributed by atoms with Crippen LogP contribution in [0.3, 0.4) is 0 Å². The van der Waals surface area contributed by atoms with Gasteiger partial charge in [-0.3, -0.25) is 14.5 Å². The zero-order chi connectivity index (χ0) is 15.8.